The van der Waals surface area contributed by atoms with Gasteiger partial charge in [0, 0.05) is 46.8 Å². The number of furan rings is 1. The summed E-state index contributed by atoms with van der Waals surface area (Å²) < 4.78 is 8.86. The molecule has 47 heavy (non-hydrogen) atoms. The Hall–Kier alpha value is -5.51. The summed E-state index contributed by atoms with van der Waals surface area (Å²) in [5, 5.41) is 4.77. The number of benzene rings is 7. The van der Waals surface area contributed by atoms with Crippen LogP contribution < -0.4 is 0 Å². The first-order valence-corrected chi connectivity index (χ1v) is 17.9. The number of aromatic nitrogens is 1. The third kappa shape index (κ3) is 4.58. The Balaban J connectivity index is 0.00000159. The van der Waals surface area contributed by atoms with Crippen LogP contribution in [0.5, 0.6) is 0 Å². The van der Waals surface area contributed by atoms with Gasteiger partial charge in [-0.2, -0.15) is 0 Å². The molecule has 0 saturated heterocycles. The van der Waals surface area contributed by atoms with E-state index in [0.717, 1.165) is 27.6 Å². The largest absolute Gasteiger partial charge is 0.456 e. The Kier molecular flexibility index (Phi) is 7.40. The Morgan fingerprint density at radius 1 is 0.383 bits per heavy atom. The van der Waals surface area contributed by atoms with Gasteiger partial charge in [-0.15, -0.1) is 10.0 Å². The van der Waals surface area contributed by atoms with Gasteiger partial charge in [0.1, 0.15) is 11.2 Å². The highest BCUT2D eigenvalue weighted by atomic mass is 32.3. The van der Waals surface area contributed by atoms with Gasteiger partial charge in [-0.1, -0.05) is 105 Å². The molecule has 7 aromatic carbocycles. The molecule has 0 radical (unpaired) electrons. The second-order valence-electron chi connectivity index (χ2n) is 11.4. The fourth-order valence-corrected chi connectivity index (χ4v) is 10.9. The lowest BCUT2D eigenvalue weighted by Crippen LogP contribution is -2.04. The number of fused-ring (bicyclic) bond motifs is 6. The van der Waals surface area contributed by atoms with Crippen molar-refractivity contribution in [3.63, 3.8) is 0 Å². The molecule has 0 aliphatic heterocycles. The molecule has 0 bridgehead atoms. The van der Waals surface area contributed by atoms with E-state index < -0.39 is 10.0 Å². The average Bonchev–Trinajstić information content (AvgIpc) is 3.69. The van der Waals surface area contributed by atoms with Crippen molar-refractivity contribution in [2.45, 2.75) is 33.4 Å². The van der Waals surface area contributed by atoms with Crippen molar-refractivity contribution in [2.75, 3.05) is 0 Å². The maximum Gasteiger partial charge on any atom is 0.135 e. The van der Waals surface area contributed by atoms with Gasteiger partial charge in [0.05, 0.1) is 11.0 Å². The van der Waals surface area contributed by atoms with Crippen LogP contribution in [0.15, 0.2) is 200 Å². The van der Waals surface area contributed by atoms with Crippen molar-refractivity contribution in [1.29, 1.82) is 0 Å². The van der Waals surface area contributed by atoms with E-state index in [1.807, 2.05) is 13.8 Å². The maximum absolute atomic E-state index is 6.48. The Labute approximate surface area is 276 Å². The first-order valence-electron chi connectivity index (χ1n) is 16.3. The van der Waals surface area contributed by atoms with E-state index in [-0.39, 0.29) is 0 Å². The highest BCUT2D eigenvalue weighted by molar-refractivity contribution is 8.34. The van der Waals surface area contributed by atoms with Crippen LogP contribution in [0.25, 0.3) is 49.4 Å². The van der Waals surface area contributed by atoms with Crippen molar-refractivity contribution < 1.29 is 4.42 Å². The molecule has 9 aromatic rings. The monoisotopic (exact) mass is 625 g/mol. The highest BCUT2D eigenvalue weighted by Gasteiger charge is 2.33. The quantitative estimate of drug-likeness (QED) is 0.186. The molecule has 0 aliphatic carbocycles. The fourth-order valence-electron chi connectivity index (χ4n) is 6.97. The van der Waals surface area contributed by atoms with E-state index in [1.165, 1.54) is 41.4 Å². The molecule has 2 aromatic heterocycles. The summed E-state index contributed by atoms with van der Waals surface area (Å²) in [6, 6.07) is 63.7. The average molecular weight is 626 g/mol. The zero-order valence-corrected chi connectivity index (χ0v) is 27.3. The molecule has 0 unspecified atom stereocenters. The summed E-state index contributed by atoms with van der Waals surface area (Å²) in [6.45, 7) is 4.00. The standard InChI is InChI=1S/C42H29NOS.C2H6/c1-4-14-31(15-5-1)45(32-16-6-2-7-17-32,33-18-8-3-9-19-33)34-25-27-42-38(29-34)37-28-30(24-26-41(37)44-42)43-39-22-12-10-20-35(39)36-21-11-13-23-40(36)43;1-2/h1-29H;1-2H3. The van der Waals surface area contributed by atoms with Crippen molar-refractivity contribution >= 4 is 53.8 Å². The van der Waals surface area contributed by atoms with Crippen LogP contribution in [0, 0.1) is 0 Å². The van der Waals surface area contributed by atoms with Crippen LogP contribution in [0.1, 0.15) is 13.8 Å². The van der Waals surface area contributed by atoms with Crippen LogP contribution in [-0.2, 0) is 0 Å². The molecule has 2 nitrogen and oxygen atoms in total. The summed E-state index contributed by atoms with van der Waals surface area (Å²) >= 11 is 0. The van der Waals surface area contributed by atoms with Crippen LogP contribution in [0.4, 0.5) is 0 Å². The SMILES string of the molecule is CC.c1ccc(S(c2ccccc2)(c2ccccc2)c2ccc3oc4ccc(-n5c6ccccc6c6ccccc65)cc4c3c2)cc1. The molecule has 9 rings (SSSR count). The predicted molar refractivity (Wildman–Crippen MR) is 199 cm³/mol. The van der Waals surface area contributed by atoms with Crippen LogP contribution in [-0.4, -0.2) is 4.57 Å². The maximum atomic E-state index is 6.48. The lowest BCUT2D eigenvalue weighted by Gasteiger charge is -2.42. The van der Waals surface area contributed by atoms with Crippen molar-refractivity contribution in [1.82, 2.24) is 4.57 Å². The summed E-state index contributed by atoms with van der Waals surface area (Å²) in [7, 11) is -1.81. The number of rotatable bonds is 5. The summed E-state index contributed by atoms with van der Waals surface area (Å²) in [4.78, 5) is 5.20. The molecule has 0 amide bonds. The first-order chi connectivity index (χ1) is 23.3. The second kappa shape index (κ2) is 12.0. The van der Waals surface area contributed by atoms with Crippen LogP contribution in [0.3, 0.4) is 0 Å². The van der Waals surface area contributed by atoms with E-state index in [2.05, 4.69) is 180 Å². The number of hydrogen-bond acceptors (Lipinski definition) is 1. The molecule has 0 aliphatic rings. The zero-order chi connectivity index (χ0) is 31.8. The third-order valence-corrected chi connectivity index (χ3v) is 12.8. The van der Waals surface area contributed by atoms with Gasteiger partial charge in [-0.05, 0) is 84.9 Å². The molecular formula is C44H35NOS. The Bertz CT molecular complexity index is 2330. The molecular weight excluding hydrogens is 591 g/mol. The minimum absolute atomic E-state index is 0.895. The summed E-state index contributed by atoms with van der Waals surface area (Å²) in [5.41, 5.74) is 5.32. The molecule has 0 fully saturated rings. The third-order valence-electron chi connectivity index (χ3n) is 8.91. The van der Waals surface area contributed by atoms with Gasteiger partial charge in [-0.3, -0.25) is 0 Å². The fraction of sp³-hybridized carbons (Fsp3) is 0.0455. The van der Waals surface area contributed by atoms with Crippen molar-refractivity contribution in [3.8, 4) is 5.69 Å². The Morgan fingerprint density at radius 2 is 0.809 bits per heavy atom. The van der Waals surface area contributed by atoms with E-state index in [9.17, 15) is 0 Å². The predicted octanol–water partition coefficient (Wildman–Crippen LogP) is 13.1. The lowest BCUT2D eigenvalue weighted by atomic mass is 10.1. The van der Waals surface area contributed by atoms with E-state index >= 15 is 0 Å². The lowest BCUT2D eigenvalue weighted by molar-refractivity contribution is 0.668. The van der Waals surface area contributed by atoms with Crippen LogP contribution in [0.2, 0.25) is 0 Å². The van der Waals surface area contributed by atoms with Gasteiger partial charge >= 0.3 is 0 Å². The van der Waals surface area contributed by atoms with E-state index in [0.29, 0.717) is 0 Å². The minimum Gasteiger partial charge on any atom is -0.456 e. The van der Waals surface area contributed by atoms with Gasteiger partial charge < -0.3 is 8.98 Å². The minimum atomic E-state index is -1.81. The molecule has 3 heteroatoms. The normalized spacial score (nSPS) is 12.0. The molecule has 0 atom stereocenters. The van der Waals surface area contributed by atoms with Gasteiger partial charge in [-0.25, -0.2) is 0 Å². The van der Waals surface area contributed by atoms with E-state index in [4.69, 9.17) is 4.42 Å². The molecule has 2 heterocycles. The highest BCUT2D eigenvalue weighted by Crippen LogP contribution is 2.73. The van der Waals surface area contributed by atoms with Crippen molar-refractivity contribution in [3.05, 3.63) is 176 Å². The topological polar surface area (TPSA) is 18.1 Å². The zero-order valence-electron chi connectivity index (χ0n) is 26.5. The van der Waals surface area contributed by atoms with E-state index in [1.54, 1.807) is 0 Å². The smallest absolute Gasteiger partial charge is 0.135 e. The number of nitrogens with zero attached hydrogens (tertiary/aromatic N) is 1. The molecule has 0 N–H and O–H groups in total. The molecule has 228 valence electrons. The van der Waals surface area contributed by atoms with Gasteiger partial charge in [0.25, 0.3) is 0 Å². The second-order valence-corrected chi connectivity index (χ2v) is 14.5. The van der Waals surface area contributed by atoms with Gasteiger partial charge in [0.2, 0.25) is 0 Å². The number of para-hydroxylation sites is 2. The van der Waals surface area contributed by atoms with Gasteiger partial charge in [0.15, 0.2) is 0 Å². The Morgan fingerprint density at radius 3 is 1.32 bits per heavy atom. The molecule has 0 saturated carbocycles. The summed E-state index contributed by atoms with van der Waals surface area (Å²) in [6.07, 6.45) is 0. The van der Waals surface area contributed by atoms with Crippen molar-refractivity contribution in [2.24, 2.45) is 0 Å². The molecule has 0 spiro atoms. The number of hydrogen-bond donors (Lipinski definition) is 0. The van der Waals surface area contributed by atoms with Crippen LogP contribution >= 0.6 is 10.0 Å². The first kappa shape index (κ1) is 28.9. The summed E-state index contributed by atoms with van der Waals surface area (Å²) in [5.74, 6) is 0.